The number of aromatic nitrogens is 2. The smallest absolute Gasteiger partial charge is 0.449 e. The molecule has 2 N–H and O–H groups in total. The van der Waals surface area contributed by atoms with E-state index in [0.717, 1.165) is 5.56 Å². The van der Waals surface area contributed by atoms with Crippen molar-refractivity contribution in [2.45, 2.75) is 12.2 Å². The first kappa shape index (κ1) is 20.5. The van der Waals surface area contributed by atoms with Crippen molar-refractivity contribution >= 4 is 16.9 Å². The van der Waals surface area contributed by atoms with Gasteiger partial charge in [0.2, 0.25) is 5.82 Å². The number of nitrogens with zero attached hydrogens (tertiary/aromatic N) is 1. The van der Waals surface area contributed by atoms with Crippen molar-refractivity contribution in [3.05, 3.63) is 95.8 Å². The Balaban J connectivity index is 1.60. The topological polar surface area (TPSA) is 67.0 Å². The lowest BCUT2D eigenvalue weighted by Gasteiger charge is -2.20. The highest BCUT2D eigenvalue weighted by atomic mass is 19.4. The number of halogens is 3. The molecule has 0 fully saturated rings. The van der Waals surface area contributed by atoms with Crippen molar-refractivity contribution in [2.24, 2.45) is 0 Å². The summed E-state index contributed by atoms with van der Waals surface area (Å²) >= 11 is 0. The van der Waals surface area contributed by atoms with E-state index in [1.54, 1.807) is 36.4 Å². The van der Waals surface area contributed by atoms with Crippen LogP contribution in [0.4, 0.5) is 13.2 Å². The lowest BCUT2D eigenvalue weighted by molar-refractivity contribution is -0.144. The second kappa shape index (κ2) is 8.51. The van der Waals surface area contributed by atoms with Crippen molar-refractivity contribution in [1.82, 2.24) is 15.3 Å². The molecule has 31 heavy (non-hydrogen) atoms. The van der Waals surface area contributed by atoms with E-state index in [1.165, 1.54) is 6.07 Å². The Hall–Kier alpha value is -3.81. The van der Waals surface area contributed by atoms with Crippen LogP contribution in [0, 0.1) is 0 Å². The fraction of sp³-hybridized carbons (Fsp3) is 0.130. The summed E-state index contributed by atoms with van der Waals surface area (Å²) in [6, 6.07) is 22.2. The lowest BCUT2D eigenvalue weighted by atomic mass is 9.98. The minimum absolute atomic E-state index is 0.196. The molecule has 4 aromatic rings. The normalized spacial score (nSPS) is 12.5. The largest absolute Gasteiger partial charge is 0.484 e. The van der Waals surface area contributed by atoms with Crippen molar-refractivity contribution in [3.63, 3.8) is 0 Å². The Bertz CT molecular complexity index is 1180. The Kier molecular flexibility index (Phi) is 5.62. The first-order valence-electron chi connectivity index (χ1n) is 9.49. The predicted octanol–water partition coefficient (Wildman–Crippen LogP) is 4.87. The molecule has 8 heteroatoms. The van der Waals surface area contributed by atoms with Crippen LogP contribution in [-0.4, -0.2) is 22.5 Å². The number of carbonyl (C=O) groups is 1. The summed E-state index contributed by atoms with van der Waals surface area (Å²) < 4.78 is 44.4. The van der Waals surface area contributed by atoms with Crippen molar-refractivity contribution in [2.75, 3.05) is 6.61 Å². The van der Waals surface area contributed by atoms with E-state index in [9.17, 15) is 18.0 Å². The van der Waals surface area contributed by atoms with Gasteiger partial charge in [-0.3, -0.25) is 4.79 Å². The quantitative estimate of drug-likeness (QED) is 0.463. The van der Waals surface area contributed by atoms with Gasteiger partial charge in [0.25, 0.3) is 5.91 Å². The highest BCUT2D eigenvalue weighted by Gasteiger charge is 2.34. The van der Waals surface area contributed by atoms with Gasteiger partial charge in [-0.25, -0.2) is 4.98 Å². The van der Waals surface area contributed by atoms with E-state index in [2.05, 4.69) is 15.3 Å². The molecule has 0 spiro atoms. The summed E-state index contributed by atoms with van der Waals surface area (Å²) in [6.45, 7) is -0.197. The van der Waals surface area contributed by atoms with Crippen LogP contribution in [0.3, 0.4) is 0 Å². The standard InChI is InChI=1S/C23H18F3N3O2/c24-23(25,26)22-27-18-12-11-16(13-19(18)28-22)21(15-7-3-1-4-8-15)29-20(30)14-31-17-9-5-2-6-10-17/h1-13,21H,14H2,(H,27,28)(H,29,30). The molecule has 158 valence electrons. The number of ether oxygens (including phenoxy) is 1. The average molecular weight is 425 g/mol. The molecule has 0 saturated carbocycles. The van der Waals surface area contributed by atoms with Crippen LogP contribution in [0.1, 0.15) is 23.0 Å². The number of aromatic amines is 1. The Morgan fingerprint density at radius 1 is 0.968 bits per heavy atom. The molecule has 0 saturated heterocycles. The highest BCUT2D eigenvalue weighted by Crippen LogP contribution is 2.30. The Morgan fingerprint density at radius 3 is 2.32 bits per heavy atom. The lowest BCUT2D eigenvalue weighted by Crippen LogP contribution is -2.33. The van der Waals surface area contributed by atoms with Gasteiger partial charge >= 0.3 is 6.18 Å². The molecule has 0 bridgehead atoms. The van der Waals surface area contributed by atoms with Gasteiger partial charge in [-0.15, -0.1) is 0 Å². The van der Waals surface area contributed by atoms with Crippen LogP contribution in [0.5, 0.6) is 5.75 Å². The fourth-order valence-electron chi connectivity index (χ4n) is 3.21. The number of benzene rings is 3. The molecule has 5 nitrogen and oxygen atoms in total. The monoisotopic (exact) mass is 425 g/mol. The predicted molar refractivity (Wildman–Crippen MR) is 109 cm³/mol. The maximum Gasteiger partial charge on any atom is 0.449 e. The van der Waals surface area contributed by atoms with Crippen molar-refractivity contribution < 1.29 is 22.7 Å². The second-order valence-corrected chi connectivity index (χ2v) is 6.87. The summed E-state index contributed by atoms with van der Waals surface area (Å²) in [7, 11) is 0. The number of alkyl halides is 3. The van der Waals surface area contributed by atoms with E-state index in [-0.39, 0.29) is 23.5 Å². The zero-order valence-corrected chi connectivity index (χ0v) is 16.2. The van der Waals surface area contributed by atoms with Gasteiger partial charge in [-0.2, -0.15) is 13.2 Å². The molecule has 1 amide bonds. The number of para-hydroxylation sites is 1. The van der Waals surface area contributed by atoms with Gasteiger partial charge < -0.3 is 15.0 Å². The van der Waals surface area contributed by atoms with Crippen LogP contribution in [0.2, 0.25) is 0 Å². The molecule has 1 aromatic heterocycles. The zero-order chi connectivity index (χ0) is 21.8. The molecule has 3 aromatic carbocycles. The average Bonchev–Trinajstić information content (AvgIpc) is 3.21. The summed E-state index contributed by atoms with van der Waals surface area (Å²) in [6.07, 6.45) is -4.57. The van der Waals surface area contributed by atoms with Gasteiger partial charge in [0.15, 0.2) is 6.61 Å². The first-order valence-corrected chi connectivity index (χ1v) is 9.49. The number of H-pyrrole nitrogens is 1. The summed E-state index contributed by atoms with van der Waals surface area (Å²) in [4.78, 5) is 18.5. The molecule has 0 aliphatic carbocycles. The van der Waals surface area contributed by atoms with Crippen LogP contribution in [0.25, 0.3) is 11.0 Å². The molecular weight excluding hydrogens is 407 g/mol. The summed E-state index contributed by atoms with van der Waals surface area (Å²) in [5, 5.41) is 2.90. The molecule has 0 aliphatic heterocycles. The SMILES string of the molecule is O=C(COc1ccccc1)NC(c1ccccc1)c1ccc2nc(C(F)(F)F)[nH]c2c1. The van der Waals surface area contributed by atoms with Crippen molar-refractivity contribution in [3.8, 4) is 5.75 Å². The van der Waals surface area contributed by atoms with Gasteiger partial charge in [-0.05, 0) is 35.4 Å². The van der Waals surface area contributed by atoms with E-state index in [1.807, 2.05) is 36.4 Å². The van der Waals surface area contributed by atoms with Crippen LogP contribution >= 0.6 is 0 Å². The maximum atomic E-state index is 13.0. The van der Waals surface area contributed by atoms with Gasteiger partial charge in [0.1, 0.15) is 5.75 Å². The number of carbonyl (C=O) groups excluding carboxylic acids is 1. The third kappa shape index (κ3) is 4.85. The van der Waals surface area contributed by atoms with Gasteiger partial charge in [0, 0.05) is 0 Å². The van der Waals surface area contributed by atoms with E-state index >= 15 is 0 Å². The number of nitrogens with one attached hydrogen (secondary N) is 2. The third-order valence-corrected chi connectivity index (χ3v) is 4.66. The van der Waals surface area contributed by atoms with Crippen molar-refractivity contribution in [1.29, 1.82) is 0 Å². The molecule has 0 radical (unpaired) electrons. The number of amides is 1. The van der Waals surface area contributed by atoms with E-state index in [0.29, 0.717) is 11.3 Å². The third-order valence-electron chi connectivity index (χ3n) is 4.66. The number of fused-ring (bicyclic) bond motifs is 1. The summed E-state index contributed by atoms with van der Waals surface area (Å²) in [5.41, 5.74) is 1.83. The Labute approximate surface area is 175 Å². The highest BCUT2D eigenvalue weighted by molar-refractivity contribution is 5.80. The minimum Gasteiger partial charge on any atom is -0.484 e. The van der Waals surface area contributed by atoms with Crippen LogP contribution < -0.4 is 10.1 Å². The number of rotatable bonds is 6. The summed E-state index contributed by atoms with van der Waals surface area (Å²) in [5.74, 6) is -0.859. The van der Waals surface area contributed by atoms with Gasteiger partial charge in [-0.1, -0.05) is 54.6 Å². The van der Waals surface area contributed by atoms with E-state index in [4.69, 9.17) is 4.74 Å². The first-order chi connectivity index (χ1) is 14.9. The minimum atomic E-state index is -4.57. The Morgan fingerprint density at radius 2 is 1.65 bits per heavy atom. The van der Waals surface area contributed by atoms with Gasteiger partial charge in [0.05, 0.1) is 17.1 Å². The number of hydrogen-bond acceptors (Lipinski definition) is 3. The van der Waals surface area contributed by atoms with Crippen LogP contribution in [-0.2, 0) is 11.0 Å². The molecule has 4 rings (SSSR count). The molecular formula is C23H18F3N3O2. The van der Waals surface area contributed by atoms with E-state index < -0.39 is 18.0 Å². The van der Waals surface area contributed by atoms with Crippen LogP contribution in [0.15, 0.2) is 78.9 Å². The zero-order valence-electron chi connectivity index (χ0n) is 16.2. The number of hydrogen-bond donors (Lipinski definition) is 2. The molecule has 1 heterocycles. The fourth-order valence-corrected chi connectivity index (χ4v) is 3.21. The molecule has 0 aliphatic rings. The number of imidazole rings is 1. The second-order valence-electron chi connectivity index (χ2n) is 6.87. The molecule has 1 unspecified atom stereocenters. The molecule has 1 atom stereocenters. The maximum absolute atomic E-state index is 13.0.